The highest BCUT2D eigenvalue weighted by atomic mass is 16.5. The summed E-state index contributed by atoms with van der Waals surface area (Å²) in [6, 6.07) is 2.23. The Labute approximate surface area is 135 Å². The number of fused-ring (bicyclic) bond motifs is 2. The van der Waals surface area contributed by atoms with E-state index in [1.54, 1.807) is 12.3 Å². The molecule has 1 aliphatic carbocycles. The highest BCUT2D eigenvalue weighted by Crippen LogP contribution is 2.38. The van der Waals surface area contributed by atoms with Crippen LogP contribution >= 0.6 is 0 Å². The van der Waals surface area contributed by atoms with Gasteiger partial charge in [-0.3, -0.25) is 4.40 Å². The minimum atomic E-state index is -0.411. The monoisotopic (exact) mass is 314 g/mol. The molecule has 2 fully saturated rings. The number of imidazole rings is 1. The molecule has 2 unspecified atom stereocenters. The van der Waals surface area contributed by atoms with Gasteiger partial charge in [0.15, 0.2) is 5.69 Å². The number of rotatable bonds is 2. The minimum absolute atomic E-state index is 0.329. The van der Waals surface area contributed by atoms with Gasteiger partial charge in [-0.1, -0.05) is 25.7 Å². The maximum atomic E-state index is 11.9. The lowest BCUT2D eigenvalue weighted by Gasteiger charge is -2.50. The van der Waals surface area contributed by atoms with Gasteiger partial charge in [0.2, 0.25) is 5.95 Å². The molecule has 4 rings (SSSR count). The molecule has 1 saturated heterocycles. The summed E-state index contributed by atoms with van der Waals surface area (Å²) in [4.78, 5) is 23.2. The number of nitrogens with zero attached hydrogens (tertiary/aromatic N) is 4. The van der Waals surface area contributed by atoms with Gasteiger partial charge in [0.05, 0.1) is 7.11 Å². The maximum Gasteiger partial charge on any atom is 0.356 e. The number of aromatic nitrogens is 3. The van der Waals surface area contributed by atoms with Crippen molar-refractivity contribution in [3.63, 3.8) is 0 Å². The number of methoxy groups -OCH3 is 1. The zero-order chi connectivity index (χ0) is 15.8. The summed E-state index contributed by atoms with van der Waals surface area (Å²) in [5, 5.41) is 0. The second-order valence-electron chi connectivity index (χ2n) is 6.56. The molecular formula is C17H22N4O2. The molecule has 2 aliphatic rings. The Morgan fingerprint density at radius 1 is 1.26 bits per heavy atom. The van der Waals surface area contributed by atoms with E-state index in [-0.39, 0.29) is 0 Å². The van der Waals surface area contributed by atoms with Crippen LogP contribution in [0.1, 0.15) is 49.0 Å². The summed E-state index contributed by atoms with van der Waals surface area (Å²) in [5.41, 5.74) is 1.07. The number of ether oxygens (including phenoxy) is 1. The van der Waals surface area contributed by atoms with Crippen LogP contribution in [-0.4, -0.2) is 40.0 Å². The molecule has 6 nitrogen and oxygen atoms in total. The summed E-state index contributed by atoms with van der Waals surface area (Å²) in [5.74, 6) is 1.17. The molecule has 0 radical (unpaired) electrons. The van der Waals surface area contributed by atoms with E-state index in [2.05, 4.69) is 14.9 Å². The van der Waals surface area contributed by atoms with Crippen molar-refractivity contribution in [1.82, 2.24) is 14.4 Å². The fourth-order valence-electron chi connectivity index (χ4n) is 3.96. The van der Waals surface area contributed by atoms with E-state index in [0.29, 0.717) is 11.7 Å². The van der Waals surface area contributed by atoms with E-state index < -0.39 is 5.97 Å². The van der Waals surface area contributed by atoms with Crippen LogP contribution < -0.4 is 4.90 Å². The van der Waals surface area contributed by atoms with Crippen LogP contribution in [0, 0.1) is 5.92 Å². The second-order valence-corrected chi connectivity index (χ2v) is 6.56. The number of anilines is 1. The molecule has 1 saturated carbocycles. The average Bonchev–Trinajstić information content (AvgIpc) is 3.01. The number of hydrogen-bond acceptors (Lipinski definition) is 5. The lowest BCUT2D eigenvalue weighted by atomic mass is 9.79. The molecule has 0 bridgehead atoms. The van der Waals surface area contributed by atoms with Gasteiger partial charge in [-0.05, 0) is 18.8 Å². The third kappa shape index (κ3) is 2.46. The number of carbonyl (C=O) groups is 1. The van der Waals surface area contributed by atoms with Crippen molar-refractivity contribution in [2.24, 2.45) is 5.92 Å². The number of hydrogen-bond donors (Lipinski definition) is 0. The molecular weight excluding hydrogens is 292 g/mol. The van der Waals surface area contributed by atoms with Gasteiger partial charge < -0.3 is 9.64 Å². The number of esters is 1. The first-order chi connectivity index (χ1) is 11.3. The molecule has 0 aromatic carbocycles. The van der Waals surface area contributed by atoms with Gasteiger partial charge >= 0.3 is 5.97 Å². The molecule has 2 atom stereocenters. The Balaban J connectivity index is 1.70. The van der Waals surface area contributed by atoms with Gasteiger partial charge in [-0.2, -0.15) is 0 Å². The normalized spacial score (nSPS) is 24.5. The standard InChI is InChI=1S/C17H22N4O2/c1-23-16(22)13-10-15-18-8-9-20(15)17(19-13)21-11-12-6-4-2-3-5-7-14(12)21/h8-10,12,14H,2-7,11H2,1H3. The molecule has 23 heavy (non-hydrogen) atoms. The molecule has 0 spiro atoms. The van der Waals surface area contributed by atoms with Gasteiger partial charge in [0, 0.05) is 31.0 Å². The fourth-order valence-corrected chi connectivity index (χ4v) is 3.96. The van der Waals surface area contributed by atoms with E-state index >= 15 is 0 Å². The smallest absolute Gasteiger partial charge is 0.356 e. The predicted molar refractivity (Wildman–Crippen MR) is 86.7 cm³/mol. The third-order valence-electron chi connectivity index (χ3n) is 5.22. The van der Waals surface area contributed by atoms with Crippen LogP contribution in [0.15, 0.2) is 18.5 Å². The lowest BCUT2D eigenvalue weighted by Crippen LogP contribution is -2.57. The third-order valence-corrected chi connectivity index (χ3v) is 5.22. The molecule has 0 N–H and O–H groups in total. The van der Waals surface area contributed by atoms with Crippen molar-refractivity contribution in [2.75, 3.05) is 18.6 Å². The van der Waals surface area contributed by atoms with E-state index in [1.807, 2.05) is 10.6 Å². The van der Waals surface area contributed by atoms with Crippen LogP contribution in [0.4, 0.5) is 5.95 Å². The van der Waals surface area contributed by atoms with Crippen LogP contribution in [0.3, 0.4) is 0 Å². The lowest BCUT2D eigenvalue weighted by molar-refractivity contribution is 0.0594. The quantitative estimate of drug-likeness (QED) is 0.798. The van der Waals surface area contributed by atoms with Crippen molar-refractivity contribution >= 4 is 17.6 Å². The van der Waals surface area contributed by atoms with Crippen LogP contribution in [-0.2, 0) is 4.74 Å². The Morgan fingerprint density at radius 2 is 2.09 bits per heavy atom. The second kappa shape index (κ2) is 5.83. The number of carbonyl (C=O) groups excluding carboxylic acids is 1. The predicted octanol–water partition coefficient (Wildman–Crippen LogP) is 2.67. The van der Waals surface area contributed by atoms with E-state index in [4.69, 9.17) is 4.74 Å². The topological polar surface area (TPSA) is 59.7 Å². The molecule has 122 valence electrons. The van der Waals surface area contributed by atoms with Gasteiger partial charge in [-0.15, -0.1) is 0 Å². The summed E-state index contributed by atoms with van der Waals surface area (Å²) < 4.78 is 6.81. The SMILES string of the molecule is COC(=O)c1cc2nccn2c(N2CC3CCCCCCC32)n1. The first-order valence-electron chi connectivity index (χ1n) is 8.47. The largest absolute Gasteiger partial charge is 0.464 e. The van der Waals surface area contributed by atoms with Crippen molar-refractivity contribution in [2.45, 2.75) is 44.6 Å². The van der Waals surface area contributed by atoms with Crippen molar-refractivity contribution < 1.29 is 9.53 Å². The summed E-state index contributed by atoms with van der Waals surface area (Å²) in [7, 11) is 1.38. The van der Waals surface area contributed by atoms with Crippen LogP contribution in [0.5, 0.6) is 0 Å². The van der Waals surface area contributed by atoms with Crippen LogP contribution in [0.25, 0.3) is 5.65 Å². The summed E-state index contributed by atoms with van der Waals surface area (Å²) in [6.45, 7) is 1.02. The Kier molecular flexibility index (Phi) is 3.67. The fraction of sp³-hybridized carbons (Fsp3) is 0.588. The Bertz CT molecular complexity index is 726. The molecule has 6 heteroatoms. The highest BCUT2D eigenvalue weighted by Gasteiger charge is 2.40. The Hall–Kier alpha value is -2.11. The summed E-state index contributed by atoms with van der Waals surface area (Å²) >= 11 is 0. The molecule has 3 heterocycles. The first kappa shape index (κ1) is 14.5. The first-order valence-corrected chi connectivity index (χ1v) is 8.47. The van der Waals surface area contributed by atoms with Crippen molar-refractivity contribution in [1.29, 1.82) is 0 Å². The molecule has 2 aromatic rings. The molecule has 0 amide bonds. The van der Waals surface area contributed by atoms with Crippen LogP contribution in [0.2, 0.25) is 0 Å². The summed E-state index contributed by atoms with van der Waals surface area (Å²) in [6.07, 6.45) is 11.5. The van der Waals surface area contributed by atoms with E-state index in [9.17, 15) is 4.79 Å². The van der Waals surface area contributed by atoms with Gasteiger partial charge in [-0.25, -0.2) is 14.8 Å². The van der Waals surface area contributed by atoms with Crippen molar-refractivity contribution in [3.8, 4) is 0 Å². The Morgan fingerprint density at radius 3 is 2.91 bits per heavy atom. The molecule has 2 aromatic heterocycles. The zero-order valence-corrected chi connectivity index (χ0v) is 13.4. The maximum absolute atomic E-state index is 11.9. The van der Waals surface area contributed by atoms with Crippen molar-refractivity contribution in [3.05, 3.63) is 24.2 Å². The highest BCUT2D eigenvalue weighted by molar-refractivity contribution is 5.88. The zero-order valence-electron chi connectivity index (χ0n) is 13.4. The van der Waals surface area contributed by atoms with E-state index in [1.165, 1.54) is 45.6 Å². The average molecular weight is 314 g/mol. The molecule has 1 aliphatic heterocycles. The van der Waals surface area contributed by atoms with Gasteiger partial charge in [0.25, 0.3) is 0 Å². The minimum Gasteiger partial charge on any atom is -0.464 e. The van der Waals surface area contributed by atoms with Gasteiger partial charge in [0.1, 0.15) is 5.65 Å². The van der Waals surface area contributed by atoms with E-state index in [0.717, 1.165) is 24.1 Å².